The lowest BCUT2D eigenvalue weighted by atomic mass is 10.2. The van der Waals surface area contributed by atoms with Crippen LogP contribution in [0.3, 0.4) is 0 Å². The molecule has 0 radical (unpaired) electrons. The summed E-state index contributed by atoms with van der Waals surface area (Å²) in [5.41, 5.74) is -0.0495. The Morgan fingerprint density at radius 2 is 2.06 bits per heavy atom. The van der Waals surface area contributed by atoms with Gasteiger partial charge in [0.15, 0.2) is 12.4 Å². The molecule has 98 valence electrons. The Labute approximate surface area is 104 Å². The highest BCUT2D eigenvalue weighted by Crippen LogP contribution is 2.32. The van der Waals surface area contributed by atoms with Gasteiger partial charge >= 0.3 is 5.97 Å². The molecule has 0 aromatic heterocycles. The molecule has 0 bridgehead atoms. The molecule has 0 saturated carbocycles. The second-order valence-electron chi connectivity index (χ2n) is 3.46. The molecule has 18 heavy (non-hydrogen) atoms. The van der Waals surface area contributed by atoms with Gasteiger partial charge in [0.2, 0.25) is 0 Å². The van der Waals surface area contributed by atoms with E-state index in [2.05, 4.69) is 4.74 Å². The van der Waals surface area contributed by atoms with Gasteiger partial charge in [0, 0.05) is 12.1 Å². The van der Waals surface area contributed by atoms with Gasteiger partial charge < -0.3 is 19.3 Å². The van der Waals surface area contributed by atoms with Crippen molar-refractivity contribution >= 4 is 12.3 Å². The van der Waals surface area contributed by atoms with Crippen molar-refractivity contribution in [3.05, 3.63) is 17.7 Å². The predicted octanol–water partition coefficient (Wildman–Crippen LogP) is 1.15. The number of phenolic OH excluding ortho intramolecular Hbond substituents is 1. The van der Waals surface area contributed by atoms with Gasteiger partial charge in [-0.25, -0.2) is 4.79 Å². The zero-order valence-corrected chi connectivity index (χ0v) is 10.3. The Hall–Kier alpha value is -2.24. The summed E-state index contributed by atoms with van der Waals surface area (Å²) in [5.74, 6) is -0.504. The van der Waals surface area contributed by atoms with Crippen molar-refractivity contribution in [1.82, 2.24) is 0 Å². The van der Waals surface area contributed by atoms with E-state index in [1.165, 1.54) is 33.3 Å². The molecule has 1 N–H and O–H groups in total. The highest BCUT2D eigenvalue weighted by molar-refractivity contribution is 5.84. The average molecular weight is 254 g/mol. The first-order valence-electron chi connectivity index (χ1n) is 5.14. The SMILES string of the molecule is COC(=O)[C@@H](C)Oc1cc(OC)cc(O)c1C=O. The zero-order chi connectivity index (χ0) is 13.7. The molecule has 1 aromatic carbocycles. The summed E-state index contributed by atoms with van der Waals surface area (Å²) in [4.78, 5) is 22.1. The number of aromatic hydroxyl groups is 1. The molecule has 0 aliphatic heterocycles. The van der Waals surface area contributed by atoms with E-state index in [9.17, 15) is 14.7 Å². The predicted molar refractivity (Wildman–Crippen MR) is 62.2 cm³/mol. The summed E-state index contributed by atoms with van der Waals surface area (Å²) in [6.07, 6.45) is -0.464. The van der Waals surface area contributed by atoms with Crippen molar-refractivity contribution in [2.24, 2.45) is 0 Å². The molecule has 0 amide bonds. The molecule has 0 spiro atoms. The lowest BCUT2D eigenvalue weighted by Gasteiger charge is -2.15. The molecule has 1 aromatic rings. The van der Waals surface area contributed by atoms with Crippen LogP contribution >= 0.6 is 0 Å². The van der Waals surface area contributed by atoms with Gasteiger partial charge in [0.1, 0.15) is 17.2 Å². The average Bonchev–Trinajstić information content (AvgIpc) is 2.37. The molecule has 0 aliphatic carbocycles. The topological polar surface area (TPSA) is 82.1 Å². The maximum Gasteiger partial charge on any atom is 0.346 e. The van der Waals surface area contributed by atoms with Crippen LogP contribution < -0.4 is 9.47 Å². The number of ether oxygens (including phenoxy) is 3. The minimum Gasteiger partial charge on any atom is -0.507 e. The van der Waals surface area contributed by atoms with E-state index in [1.54, 1.807) is 0 Å². The van der Waals surface area contributed by atoms with Gasteiger partial charge in [-0.3, -0.25) is 4.79 Å². The lowest BCUT2D eigenvalue weighted by molar-refractivity contribution is -0.147. The van der Waals surface area contributed by atoms with E-state index in [0.717, 1.165) is 0 Å². The number of aldehydes is 1. The Balaban J connectivity index is 3.09. The number of esters is 1. The summed E-state index contributed by atoms with van der Waals surface area (Å²) in [6.45, 7) is 1.47. The van der Waals surface area contributed by atoms with Gasteiger partial charge in [-0.1, -0.05) is 0 Å². The molecular weight excluding hydrogens is 240 g/mol. The minimum atomic E-state index is -0.903. The third kappa shape index (κ3) is 2.91. The molecule has 6 heteroatoms. The molecule has 1 atom stereocenters. The fraction of sp³-hybridized carbons (Fsp3) is 0.333. The fourth-order valence-corrected chi connectivity index (χ4v) is 1.33. The molecule has 0 saturated heterocycles. The zero-order valence-electron chi connectivity index (χ0n) is 10.3. The van der Waals surface area contributed by atoms with Crippen LogP contribution in [0.2, 0.25) is 0 Å². The van der Waals surface area contributed by atoms with Crippen molar-refractivity contribution in [3.8, 4) is 17.2 Å². The normalized spacial score (nSPS) is 11.5. The number of benzene rings is 1. The molecule has 0 unspecified atom stereocenters. The Bertz CT molecular complexity index is 454. The fourth-order valence-electron chi connectivity index (χ4n) is 1.33. The molecule has 0 fully saturated rings. The molecule has 6 nitrogen and oxygen atoms in total. The van der Waals surface area contributed by atoms with E-state index < -0.39 is 12.1 Å². The van der Waals surface area contributed by atoms with E-state index >= 15 is 0 Å². The monoisotopic (exact) mass is 254 g/mol. The van der Waals surface area contributed by atoms with Gasteiger partial charge in [0.05, 0.1) is 19.8 Å². The second kappa shape index (κ2) is 5.90. The Kier molecular flexibility index (Phi) is 4.53. The Morgan fingerprint density at radius 1 is 1.39 bits per heavy atom. The lowest BCUT2D eigenvalue weighted by Crippen LogP contribution is -2.25. The van der Waals surface area contributed by atoms with Crippen LogP contribution in [0.1, 0.15) is 17.3 Å². The summed E-state index contributed by atoms with van der Waals surface area (Å²) < 4.78 is 14.7. The standard InChI is InChI=1S/C12H14O6/c1-7(12(15)17-3)18-11-5-8(16-2)4-10(14)9(11)6-13/h4-7,14H,1-3H3/t7-/m1/s1. The summed E-state index contributed by atoms with van der Waals surface area (Å²) in [5, 5.41) is 9.60. The smallest absolute Gasteiger partial charge is 0.346 e. The van der Waals surface area contributed by atoms with Crippen molar-refractivity contribution in [3.63, 3.8) is 0 Å². The first-order chi connectivity index (χ1) is 8.53. The third-order valence-electron chi connectivity index (χ3n) is 2.28. The maximum absolute atomic E-state index is 11.2. The molecule has 0 aliphatic rings. The van der Waals surface area contributed by atoms with Crippen LogP contribution in [0.4, 0.5) is 0 Å². The minimum absolute atomic E-state index is 0.0495. The van der Waals surface area contributed by atoms with Crippen LogP contribution in [-0.2, 0) is 9.53 Å². The van der Waals surface area contributed by atoms with Crippen LogP contribution in [0.15, 0.2) is 12.1 Å². The highest BCUT2D eigenvalue weighted by Gasteiger charge is 2.19. The van der Waals surface area contributed by atoms with Crippen LogP contribution in [0.5, 0.6) is 17.2 Å². The van der Waals surface area contributed by atoms with Crippen LogP contribution in [0, 0.1) is 0 Å². The summed E-state index contributed by atoms with van der Waals surface area (Å²) in [6, 6.07) is 2.68. The number of hydrogen-bond acceptors (Lipinski definition) is 6. The van der Waals surface area contributed by atoms with Gasteiger partial charge in [-0.2, -0.15) is 0 Å². The maximum atomic E-state index is 11.2. The number of hydrogen-bond donors (Lipinski definition) is 1. The third-order valence-corrected chi connectivity index (χ3v) is 2.28. The van der Waals surface area contributed by atoms with Gasteiger partial charge in [0.25, 0.3) is 0 Å². The molecule has 0 heterocycles. The molecule has 1 rings (SSSR count). The molecular formula is C12H14O6. The highest BCUT2D eigenvalue weighted by atomic mass is 16.6. The van der Waals surface area contributed by atoms with Crippen molar-refractivity contribution in [1.29, 1.82) is 0 Å². The van der Waals surface area contributed by atoms with Crippen molar-refractivity contribution in [2.75, 3.05) is 14.2 Å². The largest absolute Gasteiger partial charge is 0.507 e. The first-order valence-corrected chi connectivity index (χ1v) is 5.14. The first kappa shape index (κ1) is 13.8. The number of rotatable bonds is 5. The summed E-state index contributed by atoms with van der Waals surface area (Å²) >= 11 is 0. The van der Waals surface area contributed by atoms with E-state index in [1.807, 2.05) is 0 Å². The number of methoxy groups -OCH3 is 2. The summed E-state index contributed by atoms with van der Waals surface area (Å²) in [7, 11) is 2.63. The second-order valence-corrected chi connectivity index (χ2v) is 3.46. The van der Waals surface area contributed by atoms with Crippen molar-refractivity contribution < 1.29 is 28.9 Å². The Morgan fingerprint density at radius 3 is 2.56 bits per heavy atom. The van der Waals surface area contributed by atoms with Gasteiger partial charge in [-0.15, -0.1) is 0 Å². The quantitative estimate of drug-likeness (QED) is 0.627. The number of carbonyl (C=O) groups is 2. The van der Waals surface area contributed by atoms with E-state index in [4.69, 9.17) is 9.47 Å². The van der Waals surface area contributed by atoms with E-state index in [0.29, 0.717) is 12.0 Å². The van der Waals surface area contributed by atoms with Crippen molar-refractivity contribution in [2.45, 2.75) is 13.0 Å². The number of phenols is 1. The number of carbonyl (C=O) groups excluding carboxylic acids is 2. The van der Waals surface area contributed by atoms with Gasteiger partial charge in [-0.05, 0) is 6.92 Å². The van der Waals surface area contributed by atoms with Crippen LogP contribution in [0.25, 0.3) is 0 Å². The van der Waals surface area contributed by atoms with Crippen LogP contribution in [-0.4, -0.2) is 37.7 Å². The van der Waals surface area contributed by atoms with E-state index in [-0.39, 0.29) is 17.1 Å².